The molecule has 0 saturated heterocycles. The van der Waals surface area contributed by atoms with Crippen molar-refractivity contribution in [2.24, 2.45) is 0 Å². The Balaban J connectivity index is 1.23. The number of halogens is 2. The number of carbonyl (C=O) groups is 1. The topological polar surface area (TPSA) is 124 Å². The Morgan fingerprint density at radius 2 is 1.79 bits per heavy atom. The minimum Gasteiger partial charge on any atom is -0.488 e. The van der Waals surface area contributed by atoms with E-state index in [0.29, 0.717) is 22.7 Å². The van der Waals surface area contributed by atoms with Gasteiger partial charge in [0.1, 0.15) is 24.1 Å². The third kappa shape index (κ3) is 6.30. The fourth-order valence-corrected chi connectivity index (χ4v) is 5.13. The Morgan fingerprint density at radius 1 is 0.977 bits per heavy atom. The van der Waals surface area contributed by atoms with E-state index in [9.17, 15) is 4.79 Å². The summed E-state index contributed by atoms with van der Waals surface area (Å²) in [6.45, 7) is 2.69. The minimum absolute atomic E-state index is 0.0719. The van der Waals surface area contributed by atoms with Gasteiger partial charge in [-0.25, -0.2) is 14.8 Å². The number of aryl methyl sites for hydroxylation is 1. The molecule has 0 spiro atoms. The second kappa shape index (κ2) is 12.1. The molecule has 0 fully saturated rings. The first-order valence-corrected chi connectivity index (χ1v) is 14.0. The second-order valence-electron chi connectivity index (χ2n) is 9.67. The lowest BCUT2D eigenvalue weighted by Crippen LogP contribution is -2.20. The van der Waals surface area contributed by atoms with Crippen LogP contribution in [0, 0.1) is 6.92 Å². The summed E-state index contributed by atoms with van der Waals surface area (Å²) in [6.07, 6.45) is 4.11. The summed E-state index contributed by atoms with van der Waals surface area (Å²) >= 11 is 12.8. The van der Waals surface area contributed by atoms with Crippen molar-refractivity contribution in [3.63, 3.8) is 0 Å². The Bertz CT molecular complexity index is 1960. The smallest absolute Gasteiger partial charge is 0.404 e. The predicted octanol–water partition coefficient (Wildman–Crippen LogP) is 6.87. The molecule has 0 aliphatic carbocycles. The molecule has 2 aromatic carbocycles. The van der Waals surface area contributed by atoms with Crippen molar-refractivity contribution in [2.75, 3.05) is 13.2 Å². The van der Waals surface area contributed by atoms with Crippen molar-refractivity contribution in [3.05, 3.63) is 101 Å². The molecule has 0 aliphatic heterocycles. The quantitative estimate of drug-likeness (QED) is 0.103. The van der Waals surface area contributed by atoms with Crippen LogP contribution in [0.2, 0.25) is 10.4 Å². The first kappa shape index (κ1) is 28.2. The number of carboxylic acid groups (broad SMARTS) is 1. The summed E-state index contributed by atoms with van der Waals surface area (Å²) in [5.74, 6) is 0.958. The number of benzene rings is 2. The summed E-state index contributed by atoms with van der Waals surface area (Å²) < 4.78 is 13.5. The number of nitrogens with zero attached hydrogens (tertiary/aromatic N) is 5. The van der Waals surface area contributed by atoms with Crippen molar-refractivity contribution in [2.45, 2.75) is 13.5 Å². The standard InChI is InChI=1S/C31H24Cl2N6O4/c1-18-2-5-22(6-3-18)39-17-24(27-28(32)37-30(33)38-29(27)39)20-4-7-25-21(13-20)14-23(16-35-25)42-10-11-43-26-12-19(8-9-34-26)15-36-31(40)41/h2-9,12-14,16-17,36H,10-11,15H2,1H3,(H,40,41). The molecule has 6 rings (SSSR count). The average molecular weight is 615 g/mol. The van der Waals surface area contributed by atoms with Gasteiger partial charge in [0.2, 0.25) is 11.2 Å². The van der Waals surface area contributed by atoms with Gasteiger partial charge < -0.3 is 24.5 Å². The normalized spacial score (nSPS) is 11.1. The predicted molar refractivity (Wildman–Crippen MR) is 164 cm³/mol. The highest BCUT2D eigenvalue weighted by atomic mass is 35.5. The van der Waals surface area contributed by atoms with Gasteiger partial charge in [-0.2, -0.15) is 4.98 Å². The summed E-state index contributed by atoms with van der Waals surface area (Å²) in [5, 5.41) is 13.0. The third-order valence-corrected chi connectivity index (χ3v) is 7.14. The van der Waals surface area contributed by atoms with Crippen LogP contribution in [0.25, 0.3) is 38.8 Å². The molecule has 4 aromatic heterocycles. The Morgan fingerprint density at radius 3 is 2.60 bits per heavy atom. The van der Waals surface area contributed by atoms with E-state index in [1.807, 2.05) is 66.2 Å². The van der Waals surface area contributed by atoms with Gasteiger partial charge in [-0.1, -0.05) is 35.4 Å². The van der Waals surface area contributed by atoms with Gasteiger partial charge in [-0.15, -0.1) is 0 Å². The molecule has 0 bridgehead atoms. The Kier molecular flexibility index (Phi) is 7.95. The van der Waals surface area contributed by atoms with E-state index >= 15 is 0 Å². The highest BCUT2D eigenvalue weighted by molar-refractivity contribution is 6.36. The van der Waals surface area contributed by atoms with Crippen molar-refractivity contribution in [1.29, 1.82) is 0 Å². The van der Waals surface area contributed by atoms with E-state index in [4.69, 9.17) is 37.8 Å². The van der Waals surface area contributed by atoms with Crippen LogP contribution in [0.5, 0.6) is 11.6 Å². The van der Waals surface area contributed by atoms with Crippen LogP contribution in [-0.4, -0.2) is 48.9 Å². The van der Waals surface area contributed by atoms with E-state index in [-0.39, 0.29) is 30.2 Å². The van der Waals surface area contributed by atoms with E-state index in [1.54, 1.807) is 24.5 Å². The van der Waals surface area contributed by atoms with Crippen molar-refractivity contribution >= 4 is 51.2 Å². The number of rotatable bonds is 9. The second-order valence-corrected chi connectivity index (χ2v) is 10.4. The highest BCUT2D eigenvalue weighted by Gasteiger charge is 2.18. The van der Waals surface area contributed by atoms with E-state index in [1.165, 1.54) is 0 Å². The molecule has 1 amide bonds. The number of amides is 1. The number of aromatic nitrogens is 5. The summed E-state index contributed by atoms with van der Waals surface area (Å²) in [4.78, 5) is 28.1. The van der Waals surface area contributed by atoms with E-state index < -0.39 is 6.09 Å². The fourth-order valence-electron chi connectivity index (χ4n) is 4.66. The molecule has 10 nitrogen and oxygen atoms in total. The molecule has 0 unspecified atom stereocenters. The lowest BCUT2D eigenvalue weighted by molar-refractivity contribution is 0.194. The van der Waals surface area contributed by atoms with Crippen molar-refractivity contribution in [3.8, 4) is 28.4 Å². The van der Waals surface area contributed by atoms with Crippen LogP contribution in [0.15, 0.2) is 79.3 Å². The highest BCUT2D eigenvalue weighted by Crippen LogP contribution is 2.37. The van der Waals surface area contributed by atoms with Crippen LogP contribution in [-0.2, 0) is 6.54 Å². The number of hydrogen-bond donors (Lipinski definition) is 2. The molecule has 0 atom stereocenters. The fraction of sp³-hybridized carbons (Fsp3) is 0.129. The zero-order valence-electron chi connectivity index (χ0n) is 22.8. The van der Waals surface area contributed by atoms with Crippen LogP contribution in [0.4, 0.5) is 4.79 Å². The average Bonchev–Trinajstić information content (AvgIpc) is 3.38. The van der Waals surface area contributed by atoms with Gasteiger partial charge in [0.15, 0.2) is 5.65 Å². The lowest BCUT2D eigenvalue weighted by Gasteiger charge is -2.10. The Hall–Kier alpha value is -4.93. The molecule has 2 N–H and O–H groups in total. The van der Waals surface area contributed by atoms with E-state index in [2.05, 4.69) is 25.3 Å². The lowest BCUT2D eigenvalue weighted by atomic mass is 10.0. The van der Waals surface area contributed by atoms with Crippen molar-refractivity contribution in [1.82, 2.24) is 29.8 Å². The van der Waals surface area contributed by atoms with Gasteiger partial charge in [0.05, 0.1) is 17.1 Å². The largest absolute Gasteiger partial charge is 0.488 e. The first-order chi connectivity index (χ1) is 20.8. The van der Waals surface area contributed by atoms with Crippen LogP contribution in [0.1, 0.15) is 11.1 Å². The van der Waals surface area contributed by atoms with Gasteiger partial charge >= 0.3 is 6.09 Å². The first-order valence-electron chi connectivity index (χ1n) is 13.2. The maximum Gasteiger partial charge on any atom is 0.404 e. The van der Waals surface area contributed by atoms with Gasteiger partial charge in [-0.3, -0.25) is 4.98 Å². The SMILES string of the molecule is Cc1ccc(-n2cc(-c3ccc4ncc(OCCOc5cc(CNC(=O)O)ccn5)cc4c3)c3c(Cl)nc(Cl)nc32)cc1. The number of ether oxygens (including phenoxy) is 2. The molecule has 12 heteroatoms. The van der Waals surface area contributed by atoms with Gasteiger partial charge in [-0.05, 0) is 66.0 Å². The molecule has 6 aromatic rings. The summed E-state index contributed by atoms with van der Waals surface area (Å²) in [5.41, 5.74) is 5.98. The third-order valence-electron chi connectivity index (χ3n) is 6.70. The molecule has 0 aliphatic rings. The minimum atomic E-state index is -1.10. The summed E-state index contributed by atoms with van der Waals surface area (Å²) in [7, 11) is 0. The van der Waals surface area contributed by atoms with Crippen LogP contribution >= 0.6 is 23.2 Å². The van der Waals surface area contributed by atoms with Crippen LogP contribution in [0.3, 0.4) is 0 Å². The maximum atomic E-state index is 10.7. The zero-order valence-corrected chi connectivity index (χ0v) is 24.3. The van der Waals surface area contributed by atoms with Crippen LogP contribution < -0.4 is 14.8 Å². The monoisotopic (exact) mass is 614 g/mol. The van der Waals surface area contributed by atoms with Gasteiger partial charge in [0.25, 0.3) is 0 Å². The number of hydrogen-bond acceptors (Lipinski definition) is 7. The van der Waals surface area contributed by atoms with Gasteiger partial charge in [0, 0.05) is 41.6 Å². The number of nitrogens with one attached hydrogen (secondary N) is 1. The summed E-state index contributed by atoms with van der Waals surface area (Å²) in [6, 6.07) is 19.3. The zero-order chi connectivity index (χ0) is 29.9. The van der Waals surface area contributed by atoms with Crippen molar-refractivity contribution < 1.29 is 19.4 Å². The number of fused-ring (bicyclic) bond motifs is 2. The molecule has 216 valence electrons. The molecular weight excluding hydrogens is 591 g/mol. The molecular formula is C31H24Cl2N6O4. The maximum absolute atomic E-state index is 10.7. The molecule has 4 heterocycles. The molecule has 43 heavy (non-hydrogen) atoms. The Labute approximate surface area is 255 Å². The van der Waals surface area contributed by atoms with E-state index in [0.717, 1.165) is 38.8 Å². The molecule has 0 radical (unpaired) electrons. The molecule has 0 saturated carbocycles. The number of pyridine rings is 2.